The molecule has 0 amide bonds. The van der Waals surface area contributed by atoms with Crippen molar-refractivity contribution in [2.24, 2.45) is 5.92 Å². The Morgan fingerprint density at radius 1 is 1.14 bits per heavy atom. The van der Waals surface area contributed by atoms with Gasteiger partial charge in [-0.3, -0.25) is 0 Å². The first-order valence-electron chi connectivity index (χ1n) is 7.23. The van der Waals surface area contributed by atoms with Crippen LogP contribution in [0.2, 0.25) is 5.02 Å². The highest BCUT2D eigenvalue weighted by molar-refractivity contribution is 6.30. The fourth-order valence-electron chi connectivity index (χ4n) is 2.66. The minimum Gasteiger partial charge on any atom is -0.319 e. The molecular formula is C18H21ClFN. The van der Waals surface area contributed by atoms with Crippen LogP contribution in [0.4, 0.5) is 4.39 Å². The molecule has 0 aliphatic heterocycles. The van der Waals surface area contributed by atoms with E-state index in [1.165, 1.54) is 17.2 Å². The fraction of sp³-hybridized carbons (Fsp3) is 0.333. The van der Waals surface area contributed by atoms with E-state index in [0.717, 1.165) is 24.9 Å². The average Bonchev–Trinajstić information content (AvgIpc) is 2.46. The van der Waals surface area contributed by atoms with Gasteiger partial charge in [0.1, 0.15) is 5.82 Å². The second-order valence-corrected chi connectivity index (χ2v) is 5.91. The molecule has 21 heavy (non-hydrogen) atoms. The molecule has 0 heterocycles. The van der Waals surface area contributed by atoms with E-state index in [1.807, 2.05) is 13.1 Å². The quantitative estimate of drug-likeness (QED) is 0.833. The molecule has 1 unspecified atom stereocenters. The Kier molecular flexibility index (Phi) is 5.77. The third-order valence-corrected chi connectivity index (χ3v) is 4.06. The minimum atomic E-state index is -0.357. The SMILES string of the molecule is CNCC(Cc1ccc(F)c(Cl)c1)Cc1ccccc1C. The van der Waals surface area contributed by atoms with Crippen LogP contribution in [-0.4, -0.2) is 13.6 Å². The summed E-state index contributed by atoms with van der Waals surface area (Å²) in [6.07, 6.45) is 1.89. The smallest absolute Gasteiger partial charge is 0.141 e. The van der Waals surface area contributed by atoms with E-state index in [0.29, 0.717) is 5.92 Å². The van der Waals surface area contributed by atoms with Crippen molar-refractivity contribution < 1.29 is 4.39 Å². The molecule has 1 N–H and O–H groups in total. The van der Waals surface area contributed by atoms with Crippen LogP contribution in [0.15, 0.2) is 42.5 Å². The van der Waals surface area contributed by atoms with Gasteiger partial charge in [0.25, 0.3) is 0 Å². The van der Waals surface area contributed by atoms with Crippen molar-refractivity contribution in [2.45, 2.75) is 19.8 Å². The Hall–Kier alpha value is -1.38. The summed E-state index contributed by atoms with van der Waals surface area (Å²) in [5.74, 6) is 0.0992. The largest absolute Gasteiger partial charge is 0.319 e. The predicted octanol–water partition coefficient (Wildman–Crippen LogP) is 4.41. The minimum absolute atomic E-state index is 0.201. The van der Waals surface area contributed by atoms with Gasteiger partial charge >= 0.3 is 0 Å². The normalized spacial score (nSPS) is 12.4. The van der Waals surface area contributed by atoms with Gasteiger partial charge in [-0.2, -0.15) is 0 Å². The molecule has 0 aromatic heterocycles. The molecule has 3 heteroatoms. The summed E-state index contributed by atoms with van der Waals surface area (Å²) >= 11 is 5.87. The number of halogens is 2. The fourth-order valence-corrected chi connectivity index (χ4v) is 2.86. The third kappa shape index (κ3) is 4.55. The zero-order valence-electron chi connectivity index (χ0n) is 12.5. The van der Waals surface area contributed by atoms with E-state index in [-0.39, 0.29) is 10.8 Å². The van der Waals surface area contributed by atoms with Gasteiger partial charge in [0.15, 0.2) is 0 Å². The van der Waals surface area contributed by atoms with Crippen LogP contribution in [0.3, 0.4) is 0 Å². The van der Waals surface area contributed by atoms with E-state index < -0.39 is 0 Å². The van der Waals surface area contributed by atoms with E-state index in [9.17, 15) is 4.39 Å². The van der Waals surface area contributed by atoms with E-state index in [1.54, 1.807) is 6.07 Å². The standard InChI is InChI=1S/C18H21ClFN/c1-13-5-3-4-6-16(13)10-15(12-21-2)9-14-7-8-18(20)17(19)11-14/h3-8,11,15,21H,9-10,12H2,1-2H3. The third-order valence-electron chi connectivity index (χ3n) is 3.77. The molecule has 0 spiro atoms. The van der Waals surface area contributed by atoms with Crippen LogP contribution >= 0.6 is 11.6 Å². The molecular weight excluding hydrogens is 285 g/mol. The molecule has 0 bridgehead atoms. The molecule has 1 nitrogen and oxygen atoms in total. The summed E-state index contributed by atoms with van der Waals surface area (Å²) in [6, 6.07) is 13.5. The molecule has 2 aromatic rings. The number of hydrogen-bond donors (Lipinski definition) is 1. The highest BCUT2D eigenvalue weighted by atomic mass is 35.5. The maximum atomic E-state index is 13.2. The van der Waals surface area contributed by atoms with Gasteiger partial charge in [0.2, 0.25) is 0 Å². The summed E-state index contributed by atoms with van der Waals surface area (Å²) in [5, 5.41) is 3.45. The molecule has 0 radical (unpaired) electrons. The lowest BCUT2D eigenvalue weighted by molar-refractivity contribution is 0.492. The molecule has 0 fully saturated rings. The van der Waals surface area contributed by atoms with E-state index >= 15 is 0 Å². The summed E-state index contributed by atoms with van der Waals surface area (Å²) in [4.78, 5) is 0. The van der Waals surface area contributed by atoms with Crippen LogP contribution in [0, 0.1) is 18.7 Å². The van der Waals surface area contributed by atoms with Gasteiger partial charge < -0.3 is 5.32 Å². The summed E-state index contributed by atoms with van der Waals surface area (Å²) < 4.78 is 13.2. The Balaban J connectivity index is 2.11. The Labute approximate surface area is 131 Å². The van der Waals surface area contributed by atoms with Gasteiger partial charge in [-0.05, 0) is 68.1 Å². The van der Waals surface area contributed by atoms with Crippen LogP contribution in [0.25, 0.3) is 0 Å². The number of nitrogens with one attached hydrogen (secondary N) is 1. The molecule has 2 aromatic carbocycles. The predicted molar refractivity (Wildman–Crippen MR) is 87.4 cm³/mol. The topological polar surface area (TPSA) is 12.0 Å². The van der Waals surface area contributed by atoms with Crippen molar-refractivity contribution in [3.05, 3.63) is 70.0 Å². The van der Waals surface area contributed by atoms with Gasteiger partial charge in [-0.1, -0.05) is 41.9 Å². The average molecular weight is 306 g/mol. The number of aryl methyl sites for hydroxylation is 1. The monoisotopic (exact) mass is 305 g/mol. The molecule has 0 saturated carbocycles. The molecule has 112 valence electrons. The molecule has 1 atom stereocenters. The van der Waals surface area contributed by atoms with Crippen molar-refractivity contribution in [3.63, 3.8) is 0 Å². The highest BCUT2D eigenvalue weighted by Crippen LogP contribution is 2.21. The van der Waals surface area contributed by atoms with Gasteiger partial charge in [0, 0.05) is 0 Å². The maximum Gasteiger partial charge on any atom is 0.141 e. The molecule has 0 saturated heterocycles. The second kappa shape index (κ2) is 7.58. The highest BCUT2D eigenvalue weighted by Gasteiger charge is 2.12. The van der Waals surface area contributed by atoms with Gasteiger partial charge in [-0.25, -0.2) is 4.39 Å². The lowest BCUT2D eigenvalue weighted by Crippen LogP contribution is -2.23. The van der Waals surface area contributed by atoms with Crippen molar-refractivity contribution >= 4 is 11.6 Å². The number of hydrogen-bond acceptors (Lipinski definition) is 1. The Morgan fingerprint density at radius 3 is 2.57 bits per heavy atom. The van der Waals surface area contributed by atoms with Crippen molar-refractivity contribution in [1.29, 1.82) is 0 Å². The van der Waals surface area contributed by atoms with Crippen LogP contribution in [0.5, 0.6) is 0 Å². The van der Waals surface area contributed by atoms with Crippen molar-refractivity contribution in [2.75, 3.05) is 13.6 Å². The van der Waals surface area contributed by atoms with Crippen molar-refractivity contribution in [3.8, 4) is 0 Å². The maximum absolute atomic E-state index is 13.2. The first kappa shape index (κ1) is 16.0. The number of benzene rings is 2. The molecule has 0 aliphatic carbocycles. The molecule has 2 rings (SSSR count). The summed E-state index contributed by atoms with van der Waals surface area (Å²) in [5.41, 5.74) is 3.76. The summed E-state index contributed by atoms with van der Waals surface area (Å²) in [7, 11) is 1.96. The van der Waals surface area contributed by atoms with Gasteiger partial charge in [0.05, 0.1) is 5.02 Å². The van der Waals surface area contributed by atoms with E-state index in [4.69, 9.17) is 11.6 Å². The first-order chi connectivity index (χ1) is 10.1. The number of rotatable bonds is 6. The second-order valence-electron chi connectivity index (χ2n) is 5.51. The molecule has 0 aliphatic rings. The van der Waals surface area contributed by atoms with E-state index in [2.05, 4.69) is 36.5 Å². The lowest BCUT2D eigenvalue weighted by atomic mass is 9.90. The Bertz CT molecular complexity index is 598. The van der Waals surface area contributed by atoms with Gasteiger partial charge in [-0.15, -0.1) is 0 Å². The van der Waals surface area contributed by atoms with Crippen molar-refractivity contribution in [1.82, 2.24) is 5.32 Å². The van der Waals surface area contributed by atoms with Crippen LogP contribution in [-0.2, 0) is 12.8 Å². The van der Waals surface area contributed by atoms with Crippen LogP contribution < -0.4 is 5.32 Å². The Morgan fingerprint density at radius 2 is 1.90 bits per heavy atom. The zero-order chi connectivity index (χ0) is 15.2. The summed E-state index contributed by atoms with van der Waals surface area (Å²) in [6.45, 7) is 3.06. The van der Waals surface area contributed by atoms with Crippen LogP contribution in [0.1, 0.15) is 16.7 Å². The first-order valence-corrected chi connectivity index (χ1v) is 7.61. The lowest BCUT2D eigenvalue weighted by Gasteiger charge is -2.18. The zero-order valence-corrected chi connectivity index (χ0v) is 13.3.